The van der Waals surface area contributed by atoms with Gasteiger partial charge in [-0.2, -0.15) is 0 Å². The fourth-order valence-corrected chi connectivity index (χ4v) is 4.94. The van der Waals surface area contributed by atoms with Crippen LogP contribution < -0.4 is 10.1 Å². The largest absolute Gasteiger partial charge is 0.496 e. The van der Waals surface area contributed by atoms with E-state index in [1.165, 1.54) is 42.6 Å². The number of nitrogens with zero attached hydrogens (tertiary/aromatic N) is 1. The highest BCUT2D eigenvalue weighted by atomic mass is 16.5. The van der Waals surface area contributed by atoms with E-state index in [0.717, 1.165) is 48.9 Å². The third-order valence-corrected chi connectivity index (χ3v) is 6.85. The summed E-state index contributed by atoms with van der Waals surface area (Å²) in [5.74, 6) is 0.633. The summed E-state index contributed by atoms with van der Waals surface area (Å²) in [5, 5.41) is 5.26. The molecule has 0 aromatic heterocycles. The quantitative estimate of drug-likeness (QED) is 0.219. The number of para-hydroxylation sites is 1. The molecule has 0 unspecified atom stereocenters. The van der Waals surface area contributed by atoms with Gasteiger partial charge in [0.05, 0.1) is 7.11 Å². The van der Waals surface area contributed by atoms with Crippen molar-refractivity contribution in [3.8, 4) is 5.75 Å². The molecule has 0 aliphatic carbocycles. The van der Waals surface area contributed by atoms with Crippen LogP contribution in [-0.4, -0.2) is 36.9 Å². The Hall–Kier alpha value is -3.18. The molecule has 4 rings (SSSR count). The van der Waals surface area contributed by atoms with Gasteiger partial charge in [-0.15, -0.1) is 0 Å². The summed E-state index contributed by atoms with van der Waals surface area (Å²) in [6.07, 6.45) is 9.17. The molecule has 3 aromatic rings. The average molecular weight is 473 g/mol. The maximum absolute atomic E-state index is 12.9. The molecular weight excluding hydrogens is 436 g/mol. The van der Waals surface area contributed by atoms with Crippen LogP contribution in [0.4, 0.5) is 0 Å². The summed E-state index contributed by atoms with van der Waals surface area (Å²) >= 11 is 0. The Kier molecular flexibility index (Phi) is 8.90. The van der Waals surface area contributed by atoms with E-state index in [2.05, 4.69) is 11.4 Å². The van der Waals surface area contributed by atoms with Gasteiger partial charge < -0.3 is 10.1 Å². The van der Waals surface area contributed by atoms with Gasteiger partial charge in [0.25, 0.3) is 11.8 Å². The Morgan fingerprint density at radius 2 is 1.31 bits per heavy atom. The van der Waals surface area contributed by atoms with Crippen LogP contribution in [0.2, 0.25) is 0 Å². The SMILES string of the molecule is COc1ccccc1CNCCCCCCCCCCN1C(=O)c2cccc3cccc(c23)C1=O. The molecule has 5 nitrogen and oxygen atoms in total. The van der Waals surface area contributed by atoms with Crippen LogP contribution in [0.3, 0.4) is 0 Å². The van der Waals surface area contributed by atoms with Gasteiger partial charge in [-0.1, -0.05) is 81.0 Å². The molecule has 5 heteroatoms. The minimum Gasteiger partial charge on any atom is -0.496 e. The van der Waals surface area contributed by atoms with E-state index in [0.29, 0.717) is 17.7 Å². The summed E-state index contributed by atoms with van der Waals surface area (Å²) in [6.45, 7) is 2.36. The molecule has 3 aromatic carbocycles. The zero-order valence-corrected chi connectivity index (χ0v) is 20.7. The van der Waals surface area contributed by atoms with Crippen molar-refractivity contribution in [1.82, 2.24) is 10.2 Å². The number of nitrogens with one attached hydrogen (secondary N) is 1. The number of hydrogen-bond donors (Lipinski definition) is 1. The van der Waals surface area contributed by atoms with E-state index in [9.17, 15) is 9.59 Å². The van der Waals surface area contributed by atoms with Crippen LogP contribution in [0.5, 0.6) is 5.75 Å². The summed E-state index contributed by atoms with van der Waals surface area (Å²) in [5.41, 5.74) is 2.49. The zero-order chi connectivity index (χ0) is 24.5. The van der Waals surface area contributed by atoms with Gasteiger partial charge in [-0.3, -0.25) is 14.5 Å². The lowest BCUT2D eigenvalue weighted by atomic mass is 9.94. The number of unbranched alkanes of at least 4 members (excludes halogenated alkanes) is 7. The number of amides is 2. The first kappa shape index (κ1) is 24.9. The van der Waals surface area contributed by atoms with E-state index in [4.69, 9.17) is 4.74 Å². The number of carbonyl (C=O) groups excluding carboxylic acids is 2. The molecule has 0 saturated carbocycles. The molecule has 0 bridgehead atoms. The lowest BCUT2D eigenvalue weighted by molar-refractivity contribution is 0.0607. The molecular formula is C30H36N2O3. The minimum atomic E-state index is -0.154. The third kappa shape index (κ3) is 6.09. The molecule has 0 fully saturated rings. The Morgan fingerprint density at radius 1 is 0.714 bits per heavy atom. The van der Waals surface area contributed by atoms with Crippen molar-refractivity contribution >= 4 is 22.6 Å². The van der Waals surface area contributed by atoms with Gasteiger partial charge in [0.1, 0.15) is 5.75 Å². The van der Waals surface area contributed by atoms with Gasteiger partial charge in [0.15, 0.2) is 0 Å². The minimum absolute atomic E-state index is 0.154. The lowest BCUT2D eigenvalue weighted by Crippen LogP contribution is -2.40. The van der Waals surface area contributed by atoms with Crippen LogP contribution in [-0.2, 0) is 6.54 Å². The summed E-state index contributed by atoms with van der Waals surface area (Å²) in [7, 11) is 1.71. The van der Waals surface area contributed by atoms with Gasteiger partial charge >= 0.3 is 0 Å². The fourth-order valence-electron chi connectivity index (χ4n) is 4.94. The van der Waals surface area contributed by atoms with E-state index < -0.39 is 0 Å². The zero-order valence-electron chi connectivity index (χ0n) is 20.7. The van der Waals surface area contributed by atoms with Gasteiger partial charge in [-0.05, 0) is 43.0 Å². The highest BCUT2D eigenvalue weighted by Gasteiger charge is 2.31. The normalized spacial score (nSPS) is 13.0. The van der Waals surface area contributed by atoms with Gasteiger partial charge in [0, 0.05) is 35.2 Å². The summed E-state index contributed by atoms with van der Waals surface area (Å²) in [6, 6.07) is 19.5. The predicted octanol–water partition coefficient (Wildman–Crippen LogP) is 6.36. The molecule has 1 N–H and O–H groups in total. The molecule has 1 aliphatic rings. The highest BCUT2D eigenvalue weighted by molar-refractivity contribution is 6.25. The smallest absolute Gasteiger partial charge is 0.261 e. The lowest BCUT2D eigenvalue weighted by Gasteiger charge is -2.27. The number of imide groups is 1. The van der Waals surface area contributed by atoms with E-state index in [1.807, 2.05) is 54.6 Å². The van der Waals surface area contributed by atoms with E-state index >= 15 is 0 Å². The number of methoxy groups -OCH3 is 1. The Labute approximate surface area is 208 Å². The molecule has 0 spiro atoms. The van der Waals surface area contributed by atoms with Gasteiger partial charge in [-0.25, -0.2) is 0 Å². The standard InChI is InChI=1S/C30H36N2O3/c1-35-27-19-9-8-14-24(27)22-31-20-10-6-4-2-3-5-7-11-21-32-29(33)25-17-12-15-23-16-13-18-26(28(23)25)30(32)34/h8-9,12-19,31H,2-7,10-11,20-22H2,1H3. The van der Waals surface area contributed by atoms with Crippen molar-refractivity contribution in [2.75, 3.05) is 20.2 Å². The van der Waals surface area contributed by atoms with Crippen molar-refractivity contribution in [2.24, 2.45) is 0 Å². The number of rotatable bonds is 14. The fraction of sp³-hybridized carbons (Fsp3) is 0.400. The van der Waals surface area contributed by atoms with Crippen molar-refractivity contribution in [3.05, 3.63) is 77.4 Å². The number of carbonyl (C=O) groups is 2. The van der Waals surface area contributed by atoms with Crippen LogP contribution in [0, 0.1) is 0 Å². The van der Waals surface area contributed by atoms with Crippen LogP contribution in [0.1, 0.15) is 77.6 Å². The first-order chi connectivity index (χ1) is 17.2. The molecule has 1 heterocycles. The molecule has 0 radical (unpaired) electrons. The van der Waals surface area contributed by atoms with Gasteiger partial charge in [0.2, 0.25) is 0 Å². The first-order valence-electron chi connectivity index (χ1n) is 12.9. The first-order valence-corrected chi connectivity index (χ1v) is 12.9. The maximum atomic E-state index is 12.9. The number of hydrogen-bond acceptors (Lipinski definition) is 4. The topological polar surface area (TPSA) is 58.6 Å². The monoisotopic (exact) mass is 472 g/mol. The van der Waals surface area contributed by atoms with Crippen molar-refractivity contribution in [3.63, 3.8) is 0 Å². The van der Waals surface area contributed by atoms with Crippen LogP contribution in [0.15, 0.2) is 60.7 Å². The molecule has 184 valence electrons. The molecule has 2 amide bonds. The van der Waals surface area contributed by atoms with Crippen LogP contribution in [0.25, 0.3) is 10.8 Å². The number of ether oxygens (including phenoxy) is 1. The van der Waals surface area contributed by atoms with E-state index in [-0.39, 0.29) is 11.8 Å². The molecule has 0 atom stereocenters. The Morgan fingerprint density at radius 3 is 1.97 bits per heavy atom. The summed E-state index contributed by atoms with van der Waals surface area (Å²) < 4.78 is 5.39. The Balaban J connectivity index is 1.07. The van der Waals surface area contributed by atoms with Crippen LogP contribution >= 0.6 is 0 Å². The molecule has 35 heavy (non-hydrogen) atoms. The Bertz CT molecular complexity index is 1110. The predicted molar refractivity (Wildman–Crippen MR) is 141 cm³/mol. The highest BCUT2D eigenvalue weighted by Crippen LogP contribution is 2.30. The van der Waals surface area contributed by atoms with E-state index in [1.54, 1.807) is 7.11 Å². The number of benzene rings is 3. The van der Waals surface area contributed by atoms with Crippen molar-refractivity contribution in [2.45, 2.75) is 57.9 Å². The second-order valence-corrected chi connectivity index (χ2v) is 9.29. The average Bonchev–Trinajstić information content (AvgIpc) is 2.89. The molecule has 1 aliphatic heterocycles. The maximum Gasteiger partial charge on any atom is 0.261 e. The van der Waals surface area contributed by atoms with Crippen molar-refractivity contribution in [1.29, 1.82) is 0 Å². The molecule has 0 saturated heterocycles. The second-order valence-electron chi connectivity index (χ2n) is 9.29. The van der Waals surface area contributed by atoms with Crippen molar-refractivity contribution < 1.29 is 14.3 Å². The summed E-state index contributed by atoms with van der Waals surface area (Å²) in [4.78, 5) is 27.3. The third-order valence-electron chi connectivity index (χ3n) is 6.85. The second kappa shape index (κ2) is 12.5.